The van der Waals surface area contributed by atoms with Crippen molar-refractivity contribution in [2.75, 3.05) is 4.90 Å². The Morgan fingerprint density at radius 3 is 2.23 bits per heavy atom. The van der Waals surface area contributed by atoms with Crippen molar-refractivity contribution in [1.29, 1.82) is 0 Å². The number of aromatic hydroxyl groups is 2. The molecule has 2 N–H and O–H groups in total. The van der Waals surface area contributed by atoms with Crippen LogP contribution in [0.5, 0.6) is 11.8 Å². The second kappa shape index (κ2) is 7.14. The highest BCUT2D eigenvalue weighted by atomic mass is 16.7. The van der Waals surface area contributed by atoms with Crippen LogP contribution in [0.25, 0.3) is 0 Å². The third-order valence-corrected chi connectivity index (χ3v) is 3.86. The first-order chi connectivity index (χ1) is 12.5. The van der Waals surface area contributed by atoms with Gasteiger partial charge in [0, 0.05) is 30.7 Å². The lowest BCUT2D eigenvalue weighted by Crippen LogP contribution is -2.30. The predicted octanol–water partition coefficient (Wildman–Crippen LogP) is 1.31. The second-order valence-corrected chi connectivity index (χ2v) is 5.63. The van der Waals surface area contributed by atoms with E-state index in [0.717, 1.165) is 10.5 Å². The second-order valence-electron chi connectivity index (χ2n) is 5.63. The zero-order valence-electron chi connectivity index (χ0n) is 13.7. The molecule has 0 bridgehead atoms. The molecule has 0 fully saturated rings. The van der Waals surface area contributed by atoms with Gasteiger partial charge in [0.25, 0.3) is 11.8 Å². The summed E-state index contributed by atoms with van der Waals surface area (Å²) in [6.07, 6.45) is 3.28. The summed E-state index contributed by atoms with van der Waals surface area (Å²) in [4.78, 5) is 41.5. The molecule has 8 nitrogen and oxygen atoms in total. The van der Waals surface area contributed by atoms with Crippen molar-refractivity contribution in [3.05, 3.63) is 54.1 Å². The Hall–Kier alpha value is -3.55. The van der Waals surface area contributed by atoms with E-state index in [4.69, 9.17) is 4.84 Å². The Morgan fingerprint density at radius 1 is 0.962 bits per heavy atom. The SMILES string of the molecule is O=C(CCCc1ccccc1N1C(=O)C=CC1=O)On1c(O)ccc1O. The number of carbonyl (C=O) groups excluding carboxylic acids is 3. The van der Waals surface area contributed by atoms with E-state index in [0.29, 0.717) is 23.3 Å². The Kier molecular flexibility index (Phi) is 4.74. The topological polar surface area (TPSA) is 109 Å². The maximum atomic E-state index is 11.9. The fourth-order valence-electron chi connectivity index (χ4n) is 2.64. The Morgan fingerprint density at radius 2 is 1.58 bits per heavy atom. The summed E-state index contributed by atoms with van der Waals surface area (Å²) in [6.45, 7) is 0. The molecule has 2 aromatic rings. The van der Waals surface area contributed by atoms with Crippen LogP contribution in [0.4, 0.5) is 5.69 Å². The average Bonchev–Trinajstić information content (AvgIpc) is 3.11. The van der Waals surface area contributed by atoms with Crippen LogP contribution in [-0.2, 0) is 20.8 Å². The molecule has 8 heteroatoms. The fourth-order valence-corrected chi connectivity index (χ4v) is 2.64. The number of nitrogens with zero attached hydrogens (tertiary/aromatic N) is 2. The smallest absolute Gasteiger partial charge is 0.333 e. The minimum Gasteiger partial charge on any atom is -0.492 e. The van der Waals surface area contributed by atoms with E-state index in [1.807, 2.05) is 0 Å². The van der Waals surface area contributed by atoms with Crippen LogP contribution in [0.2, 0.25) is 0 Å². The van der Waals surface area contributed by atoms with Crippen LogP contribution in [0, 0.1) is 0 Å². The summed E-state index contributed by atoms with van der Waals surface area (Å²) in [5.41, 5.74) is 1.24. The first kappa shape index (κ1) is 17.3. The highest BCUT2D eigenvalue weighted by Gasteiger charge is 2.26. The van der Waals surface area contributed by atoms with Crippen LogP contribution in [0.15, 0.2) is 48.6 Å². The summed E-state index contributed by atoms with van der Waals surface area (Å²) < 4.78 is 0.628. The summed E-state index contributed by atoms with van der Waals surface area (Å²) >= 11 is 0. The maximum Gasteiger partial charge on any atom is 0.333 e. The number of imide groups is 1. The monoisotopic (exact) mass is 356 g/mol. The number of rotatable bonds is 6. The molecule has 2 amide bonds. The van der Waals surface area contributed by atoms with Crippen molar-refractivity contribution < 1.29 is 29.4 Å². The van der Waals surface area contributed by atoms with Gasteiger partial charge >= 0.3 is 5.97 Å². The van der Waals surface area contributed by atoms with Crippen molar-refractivity contribution in [2.45, 2.75) is 19.3 Å². The van der Waals surface area contributed by atoms with Crippen LogP contribution in [0.3, 0.4) is 0 Å². The van der Waals surface area contributed by atoms with Gasteiger partial charge in [-0.3, -0.25) is 9.59 Å². The van der Waals surface area contributed by atoms with Crippen molar-refractivity contribution in [2.24, 2.45) is 0 Å². The van der Waals surface area contributed by atoms with E-state index in [2.05, 4.69) is 0 Å². The van der Waals surface area contributed by atoms with Crippen LogP contribution >= 0.6 is 0 Å². The number of para-hydroxylation sites is 1. The highest BCUT2D eigenvalue weighted by molar-refractivity contribution is 6.28. The number of amides is 2. The standard InChI is InChI=1S/C18H16N2O6/c21-14-8-9-15(22)19(14)13-6-2-1-4-12(13)5-3-7-18(25)26-20-16(23)10-11-17(20)24/h1-2,4,6,8-11,23-24H,3,5,7H2. The van der Waals surface area contributed by atoms with Gasteiger partial charge < -0.3 is 15.1 Å². The van der Waals surface area contributed by atoms with E-state index in [9.17, 15) is 24.6 Å². The third kappa shape index (κ3) is 3.44. The lowest BCUT2D eigenvalue weighted by molar-refractivity contribution is -0.145. The minimum absolute atomic E-state index is 0.0194. The van der Waals surface area contributed by atoms with Gasteiger partial charge in [0.05, 0.1) is 5.69 Å². The van der Waals surface area contributed by atoms with Gasteiger partial charge in [0.1, 0.15) is 0 Å². The first-order valence-electron chi connectivity index (χ1n) is 7.92. The van der Waals surface area contributed by atoms with Crippen LogP contribution in [-0.4, -0.2) is 32.7 Å². The normalized spacial score (nSPS) is 13.5. The summed E-state index contributed by atoms with van der Waals surface area (Å²) in [6, 6.07) is 9.35. The molecule has 1 aromatic heterocycles. The number of hydrogen-bond acceptors (Lipinski definition) is 6. The zero-order chi connectivity index (χ0) is 18.7. The number of aryl methyl sites for hydroxylation is 1. The third-order valence-electron chi connectivity index (χ3n) is 3.86. The number of benzene rings is 1. The average molecular weight is 356 g/mol. The Labute approximate surface area is 148 Å². The fraction of sp³-hybridized carbons (Fsp3) is 0.167. The number of hydrogen-bond donors (Lipinski definition) is 2. The van der Waals surface area contributed by atoms with Gasteiger partial charge in [-0.2, -0.15) is 0 Å². The molecule has 26 heavy (non-hydrogen) atoms. The molecular formula is C18H16N2O6. The molecule has 0 saturated carbocycles. The molecule has 0 atom stereocenters. The van der Waals surface area contributed by atoms with Crippen LogP contribution < -0.4 is 9.74 Å². The van der Waals surface area contributed by atoms with Crippen molar-refractivity contribution in [3.63, 3.8) is 0 Å². The molecule has 1 aliphatic rings. The molecule has 134 valence electrons. The van der Waals surface area contributed by atoms with Crippen molar-refractivity contribution >= 4 is 23.5 Å². The Balaban J connectivity index is 1.61. The molecule has 0 saturated heterocycles. The molecule has 2 heterocycles. The summed E-state index contributed by atoms with van der Waals surface area (Å²) in [5.74, 6) is -2.22. The van der Waals surface area contributed by atoms with Gasteiger partial charge in [-0.1, -0.05) is 18.2 Å². The van der Waals surface area contributed by atoms with E-state index in [1.165, 1.54) is 24.3 Å². The van der Waals surface area contributed by atoms with Gasteiger partial charge in [0.15, 0.2) is 0 Å². The highest BCUT2D eigenvalue weighted by Crippen LogP contribution is 2.25. The predicted molar refractivity (Wildman–Crippen MR) is 90.4 cm³/mol. The van der Waals surface area contributed by atoms with Gasteiger partial charge in [-0.05, 0) is 24.5 Å². The molecular weight excluding hydrogens is 340 g/mol. The Bertz CT molecular complexity index is 861. The molecule has 0 unspecified atom stereocenters. The molecule has 0 aliphatic carbocycles. The summed E-state index contributed by atoms with van der Waals surface area (Å²) in [7, 11) is 0. The van der Waals surface area contributed by atoms with E-state index < -0.39 is 17.8 Å². The number of carbonyl (C=O) groups is 3. The molecule has 1 aliphatic heterocycles. The lowest BCUT2D eigenvalue weighted by Gasteiger charge is -2.18. The van der Waals surface area contributed by atoms with Crippen molar-refractivity contribution in [1.82, 2.24) is 4.73 Å². The van der Waals surface area contributed by atoms with E-state index in [1.54, 1.807) is 24.3 Å². The van der Waals surface area contributed by atoms with Gasteiger partial charge in [-0.15, -0.1) is 4.73 Å². The van der Waals surface area contributed by atoms with Gasteiger partial charge in [-0.25, -0.2) is 9.69 Å². The van der Waals surface area contributed by atoms with Crippen LogP contribution in [0.1, 0.15) is 18.4 Å². The zero-order valence-corrected chi connectivity index (χ0v) is 13.7. The summed E-state index contributed by atoms with van der Waals surface area (Å²) in [5, 5.41) is 18.9. The van der Waals surface area contributed by atoms with Crippen molar-refractivity contribution in [3.8, 4) is 11.8 Å². The molecule has 1 aromatic carbocycles. The number of anilines is 1. The minimum atomic E-state index is -0.640. The van der Waals surface area contributed by atoms with Gasteiger partial charge in [0.2, 0.25) is 11.8 Å². The quantitative estimate of drug-likeness (QED) is 0.755. The van der Waals surface area contributed by atoms with E-state index >= 15 is 0 Å². The first-order valence-corrected chi connectivity index (χ1v) is 7.92. The lowest BCUT2D eigenvalue weighted by atomic mass is 10.1. The molecule has 0 spiro atoms. The maximum absolute atomic E-state index is 11.9. The molecule has 3 rings (SSSR count). The molecule has 0 radical (unpaired) electrons. The largest absolute Gasteiger partial charge is 0.492 e. The number of aromatic nitrogens is 1. The van der Waals surface area contributed by atoms with E-state index in [-0.39, 0.29) is 18.2 Å².